The first-order valence-electron chi connectivity index (χ1n) is 6.09. The van der Waals surface area contributed by atoms with E-state index in [0.29, 0.717) is 11.8 Å². The topological polar surface area (TPSA) is 43.8 Å². The predicted octanol–water partition coefficient (Wildman–Crippen LogP) is 2.39. The molecule has 0 aliphatic heterocycles. The quantitative estimate of drug-likeness (QED) is 0.880. The normalized spacial score (nSPS) is 24.5. The molecule has 1 saturated carbocycles. The molecular weight excluding hydrogens is 222 g/mol. The molecule has 1 aromatic rings. The van der Waals surface area contributed by atoms with E-state index in [1.165, 1.54) is 18.5 Å². The summed E-state index contributed by atoms with van der Waals surface area (Å²) in [6, 6.07) is 0. The van der Waals surface area contributed by atoms with Crippen molar-refractivity contribution < 1.29 is 0 Å². The molecule has 2 N–H and O–H groups in total. The summed E-state index contributed by atoms with van der Waals surface area (Å²) in [6.07, 6.45) is 3.60. The van der Waals surface area contributed by atoms with Gasteiger partial charge in [-0.1, -0.05) is 11.6 Å². The van der Waals surface area contributed by atoms with Crippen molar-refractivity contribution in [1.82, 2.24) is 9.78 Å². The van der Waals surface area contributed by atoms with Crippen molar-refractivity contribution in [2.45, 2.75) is 39.7 Å². The smallest absolute Gasteiger partial charge is 0.0847 e. The molecule has 0 saturated heterocycles. The highest BCUT2D eigenvalue weighted by molar-refractivity contribution is 6.31. The van der Waals surface area contributed by atoms with Crippen molar-refractivity contribution in [3.63, 3.8) is 0 Å². The summed E-state index contributed by atoms with van der Waals surface area (Å²) in [6.45, 7) is 5.77. The largest absolute Gasteiger partial charge is 0.330 e. The standard InChI is InChI=1S/C12H20ClN3/c1-3-16-11(12(13)8(2)15-16)6-9-4-5-10(9)7-14/h9-10H,3-7,14H2,1-2H3. The van der Waals surface area contributed by atoms with E-state index in [4.69, 9.17) is 17.3 Å². The molecule has 0 bridgehead atoms. The van der Waals surface area contributed by atoms with Crippen molar-refractivity contribution in [2.75, 3.05) is 6.54 Å². The molecule has 0 radical (unpaired) electrons. The molecule has 16 heavy (non-hydrogen) atoms. The SMILES string of the molecule is CCn1nc(C)c(Cl)c1CC1CCC1CN. The highest BCUT2D eigenvalue weighted by Crippen LogP contribution is 2.37. The van der Waals surface area contributed by atoms with E-state index in [-0.39, 0.29) is 0 Å². The van der Waals surface area contributed by atoms with Crippen molar-refractivity contribution in [3.05, 3.63) is 16.4 Å². The molecule has 1 aliphatic rings. The van der Waals surface area contributed by atoms with Crippen LogP contribution in [0.2, 0.25) is 5.02 Å². The van der Waals surface area contributed by atoms with Crippen LogP contribution in [0, 0.1) is 18.8 Å². The van der Waals surface area contributed by atoms with E-state index >= 15 is 0 Å². The predicted molar refractivity (Wildman–Crippen MR) is 66.6 cm³/mol. The summed E-state index contributed by atoms with van der Waals surface area (Å²) in [4.78, 5) is 0. The minimum atomic E-state index is 0.691. The molecule has 1 aliphatic carbocycles. The Morgan fingerprint density at radius 3 is 2.62 bits per heavy atom. The second-order valence-corrected chi connectivity index (χ2v) is 5.08. The maximum atomic E-state index is 6.29. The third-order valence-corrected chi connectivity index (χ3v) is 4.28. The molecule has 2 rings (SSSR count). The average Bonchev–Trinajstić information content (AvgIpc) is 2.51. The maximum absolute atomic E-state index is 6.29. The Morgan fingerprint density at radius 1 is 1.44 bits per heavy atom. The van der Waals surface area contributed by atoms with Gasteiger partial charge in [0.1, 0.15) is 0 Å². The molecule has 2 atom stereocenters. The number of rotatable bonds is 4. The zero-order valence-corrected chi connectivity index (χ0v) is 10.8. The molecule has 90 valence electrons. The minimum absolute atomic E-state index is 0.691. The van der Waals surface area contributed by atoms with Gasteiger partial charge < -0.3 is 5.73 Å². The van der Waals surface area contributed by atoms with Gasteiger partial charge in [-0.3, -0.25) is 4.68 Å². The third kappa shape index (κ3) is 1.98. The van der Waals surface area contributed by atoms with Crippen LogP contribution in [0.3, 0.4) is 0 Å². The lowest BCUT2D eigenvalue weighted by Gasteiger charge is -2.36. The molecule has 1 aromatic heterocycles. The van der Waals surface area contributed by atoms with Crippen LogP contribution in [-0.2, 0) is 13.0 Å². The lowest BCUT2D eigenvalue weighted by atomic mass is 9.71. The van der Waals surface area contributed by atoms with E-state index in [1.807, 2.05) is 11.6 Å². The van der Waals surface area contributed by atoms with Gasteiger partial charge in [0.05, 0.1) is 16.4 Å². The fourth-order valence-corrected chi connectivity index (χ4v) is 2.74. The van der Waals surface area contributed by atoms with Crippen molar-refractivity contribution >= 4 is 11.6 Å². The molecule has 0 amide bonds. The summed E-state index contributed by atoms with van der Waals surface area (Å²) in [7, 11) is 0. The first-order valence-corrected chi connectivity index (χ1v) is 6.47. The van der Waals surface area contributed by atoms with Crippen molar-refractivity contribution in [1.29, 1.82) is 0 Å². The molecule has 3 nitrogen and oxygen atoms in total. The Hall–Kier alpha value is -0.540. The van der Waals surface area contributed by atoms with Crippen LogP contribution in [0.5, 0.6) is 0 Å². The van der Waals surface area contributed by atoms with Crippen LogP contribution in [0.25, 0.3) is 0 Å². The van der Waals surface area contributed by atoms with Gasteiger partial charge in [0, 0.05) is 6.54 Å². The van der Waals surface area contributed by atoms with Gasteiger partial charge in [-0.15, -0.1) is 0 Å². The second kappa shape index (κ2) is 4.76. The Kier molecular flexibility index (Phi) is 3.55. The molecule has 4 heteroatoms. The highest BCUT2D eigenvalue weighted by Gasteiger charge is 2.31. The average molecular weight is 242 g/mol. The summed E-state index contributed by atoms with van der Waals surface area (Å²) in [5.41, 5.74) is 7.88. The van der Waals surface area contributed by atoms with E-state index in [1.54, 1.807) is 0 Å². The van der Waals surface area contributed by atoms with Crippen LogP contribution < -0.4 is 5.73 Å². The van der Waals surface area contributed by atoms with Crippen LogP contribution in [0.4, 0.5) is 0 Å². The second-order valence-electron chi connectivity index (χ2n) is 4.70. The van der Waals surface area contributed by atoms with Crippen molar-refractivity contribution in [3.8, 4) is 0 Å². The van der Waals surface area contributed by atoms with E-state index in [9.17, 15) is 0 Å². The summed E-state index contributed by atoms with van der Waals surface area (Å²) in [5, 5.41) is 5.30. The Morgan fingerprint density at radius 2 is 2.12 bits per heavy atom. The number of nitrogens with two attached hydrogens (primary N) is 1. The van der Waals surface area contributed by atoms with Gasteiger partial charge in [-0.25, -0.2) is 0 Å². The molecule has 1 fully saturated rings. The highest BCUT2D eigenvalue weighted by atomic mass is 35.5. The van der Waals surface area contributed by atoms with Gasteiger partial charge >= 0.3 is 0 Å². The maximum Gasteiger partial charge on any atom is 0.0847 e. The number of halogens is 1. The van der Waals surface area contributed by atoms with Gasteiger partial charge in [-0.05, 0) is 51.5 Å². The molecule has 1 heterocycles. The fourth-order valence-electron chi connectivity index (χ4n) is 2.53. The molecular formula is C12H20ClN3. The molecule has 0 spiro atoms. The number of aromatic nitrogens is 2. The molecule has 2 unspecified atom stereocenters. The fraction of sp³-hybridized carbons (Fsp3) is 0.750. The first-order chi connectivity index (χ1) is 7.67. The van der Waals surface area contributed by atoms with Crippen LogP contribution in [0.15, 0.2) is 0 Å². The van der Waals surface area contributed by atoms with E-state index in [2.05, 4.69) is 12.0 Å². The van der Waals surface area contributed by atoms with Crippen molar-refractivity contribution in [2.24, 2.45) is 17.6 Å². The van der Waals surface area contributed by atoms with Gasteiger partial charge in [0.2, 0.25) is 0 Å². The zero-order chi connectivity index (χ0) is 11.7. The summed E-state index contributed by atoms with van der Waals surface area (Å²) in [5.74, 6) is 1.40. The van der Waals surface area contributed by atoms with Gasteiger partial charge in [0.15, 0.2) is 0 Å². The Bertz CT molecular complexity index is 371. The van der Waals surface area contributed by atoms with Crippen LogP contribution >= 0.6 is 11.6 Å². The third-order valence-electron chi connectivity index (χ3n) is 3.79. The number of aryl methyl sites for hydroxylation is 2. The summed E-state index contributed by atoms with van der Waals surface area (Å²) < 4.78 is 2.03. The summed E-state index contributed by atoms with van der Waals surface area (Å²) >= 11 is 6.29. The first kappa shape index (κ1) is 11.9. The molecule has 0 aromatic carbocycles. The lowest BCUT2D eigenvalue weighted by molar-refractivity contribution is 0.180. The van der Waals surface area contributed by atoms with Crippen LogP contribution in [-0.4, -0.2) is 16.3 Å². The number of nitrogens with zero attached hydrogens (tertiary/aromatic N) is 2. The van der Waals surface area contributed by atoms with Gasteiger partial charge in [-0.2, -0.15) is 5.10 Å². The number of hydrogen-bond donors (Lipinski definition) is 1. The lowest BCUT2D eigenvalue weighted by Crippen LogP contribution is -2.34. The minimum Gasteiger partial charge on any atom is -0.330 e. The van der Waals surface area contributed by atoms with E-state index in [0.717, 1.165) is 30.2 Å². The Balaban J connectivity index is 2.14. The Labute approximate surface area is 102 Å². The van der Waals surface area contributed by atoms with Gasteiger partial charge in [0.25, 0.3) is 0 Å². The van der Waals surface area contributed by atoms with E-state index < -0.39 is 0 Å². The number of hydrogen-bond acceptors (Lipinski definition) is 2. The monoisotopic (exact) mass is 241 g/mol. The zero-order valence-electron chi connectivity index (χ0n) is 10.0. The van der Waals surface area contributed by atoms with Crippen LogP contribution in [0.1, 0.15) is 31.2 Å².